The van der Waals surface area contributed by atoms with Crippen molar-refractivity contribution in [2.75, 3.05) is 34.4 Å². The molecule has 0 aliphatic carbocycles. The third-order valence-electron chi connectivity index (χ3n) is 2.66. The Morgan fingerprint density at radius 2 is 2.05 bits per heavy atom. The summed E-state index contributed by atoms with van der Waals surface area (Å²) in [5, 5.41) is 13.3. The summed E-state index contributed by atoms with van der Waals surface area (Å²) in [5.41, 5.74) is -0.309. The zero-order chi connectivity index (χ0) is 16.7. The molecule has 0 saturated carbocycles. The summed E-state index contributed by atoms with van der Waals surface area (Å²) in [7, 11) is 4.51. The maximum absolute atomic E-state index is 11.5. The van der Waals surface area contributed by atoms with Gasteiger partial charge in [-0.25, -0.2) is 0 Å². The van der Waals surface area contributed by atoms with Crippen LogP contribution in [-0.2, 0) is 9.59 Å². The standard InChI is InChI=1S/C13H17N3O6/c1-15(2)13(18)7-14-12(17)8-22-11-5-4-9(21-3)6-10(11)16(19)20/h4-6H,7-8H2,1-3H3,(H,14,17). The first-order valence-corrected chi connectivity index (χ1v) is 6.27. The number of nitrogens with zero attached hydrogens (tertiary/aromatic N) is 2. The first-order valence-electron chi connectivity index (χ1n) is 6.27. The van der Waals surface area contributed by atoms with E-state index < -0.39 is 17.4 Å². The lowest BCUT2D eigenvalue weighted by atomic mass is 10.3. The van der Waals surface area contributed by atoms with E-state index in [-0.39, 0.29) is 23.9 Å². The lowest BCUT2D eigenvalue weighted by molar-refractivity contribution is -0.385. The normalized spacial score (nSPS) is 9.77. The number of nitro groups is 1. The Morgan fingerprint density at radius 3 is 2.59 bits per heavy atom. The van der Waals surface area contributed by atoms with Gasteiger partial charge in [-0.1, -0.05) is 0 Å². The van der Waals surface area contributed by atoms with Gasteiger partial charge in [0, 0.05) is 14.1 Å². The van der Waals surface area contributed by atoms with E-state index in [9.17, 15) is 19.7 Å². The molecule has 0 aliphatic heterocycles. The van der Waals surface area contributed by atoms with Crippen molar-refractivity contribution in [2.24, 2.45) is 0 Å². The van der Waals surface area contributed by atoms with Crippen molar-refractivity contribution in [3.05, 3.63) is 28.3 Å². The van der Waals surface area contributed by atoms with Gasteiger partial charge >= 0.3 is 5.69 Å². The number of amides is 2. The topological polar surface area (TPSA) is 111 Å². The van der Waals surface area contributed by atoms with Crippen LogP contribution in [-0.4, -0.2) is 56.0 Å². The van der Waals surface area contributed by atoms with Crippen LogP contribution >= 0.6 is 0 Å². The minimum atomic E-state index is -0.634. The van der Waals surface area contributed by atoms with Crippen LogP contribution in [0.4, 0.5) is 5.69 Å². The third kappa shape index (κ3) is 4.93. The average molecular weight is 311 g/mol. The van der Waals surface area contributed by atoms with Gasteiger partial charge in [-0.15, -0.1) is 0 Å². The van der Waals surface area contributed by atoms with E-state index in [1.54, 1.807) is 14.1 Å². The summed E-state index contributed by atoms with van der Waals surface area (Å²) in [6, 6.07) is 4.02. The number of benzene rings is 1. The van der Waals surface area contributed by atoms with Gasteiger partial charge < -0.3 is 19.7 Å². The number of nitrogens with one attached hydrogen (secondary N) is 1. The monoisotopic (exact) mass is 311 g/mol. The molecule has 9 heteroatoms. The van der Waals surface area contributed by atoms with Gasteiger partial charge in [-0.2, -0.15) is 0 Å². The van der Waals surface area contributed by atoms with Crippen molar-refractivity contribution in [2.45, 2.75) is 0 Å². The molecule has 0 spiro atoms. The SMILES string of the molecule is COc1ccc(OCC(=O)NCC(=O)N(C)C)c([N+](=O)[O-])c1. The highest BCUT2D eigenvalue weighted by atomic mass is 16.6. The molecule has 0 aromatic heterocycles. The van der Waals surface area contributed by atoms with E-state index in [1.807, 2.05) is 0 Å². The van der Waals surface area contributed by atoms with Gasteiger partial charge in [0.05, 0.1) is 24.6 Å². The van der Waals surface area contributed by atoms with Crippen molar-refractivity contribution < 1.29 is 24.0 Å². The molecule has 1 aromatic carbocycles. The summed E-state index contributed by atoms with van der Waals surface area (Å²) in [6.07, 6.45) is 0. The van der Waals surface area contributed by atoms with E-state index in [1.165, 1.54) is 30.2 Å². The Hall–Kier alpha value is -2.84. The fraction of sp³-hybridized carbons (Fsp3) is 0.385. The van der Waals surface area contributed by atoms with Crippen LogP contribution in [0.15, 0.2) is 18.2 Å². The summed E-state index contributed by atoms with van der Waals surface area (Å²) in [4.78, 5) is 34.5. The molecule has 0 heterocycles. The van der Waals surface area contributed by atoms with Crippen LogP contribution in [0.3, 0.4) is 0 Å². The van der Waals surface area contributed by atoms with Crippen molar-refractivity contribution in [1.29, 1.82) is 0 Å². The predicted molar refractivity (Wildman–Crippen MR) is 76.8 cm³/mol. The van der Waals surface area contributed by atoms with Crippen LogP contribution < -0.4 is 14.8 Å². The molecular formula is C13H17N3O6. The van der Waals surface area contributed by atoms with Crippen LogP contribution in [0.1, 0.15) is 0 Å². The highest BCUT2D eigenvalue weighted by Crippen LogP contribution is 2.30. The third-order valence-corrected chi connectivity index (χ3v) is 2.66. The molecule has 0 atom stereocenters. The lowest BCUT2D eigenvalue weighted by Gasteiger charge is -2.11. The first kappa shape index (κ1) is 17.2. The number of likely N-dealkylation sites (N-methyl/N-ethyl adjacent to an activating group) is 1. The van der Waals surface area contributed by atoms with Crippen LogP contribution in [0, 0.1) is 10.1 Å². The van der Waals surface area contributed by atoms with Crippen molar-refractivity contribution in [3.8, 4) is 11.5 Å². The molecule has 9 nitrogen and oxygen atoms in total. The average Bonchev–Trinajstić information content (AvgIpc) is 2.49. The molecule has 120 valence electrons. The number of ether oxygens (including phenoxy) is 2. The van der Waals surface area contributed by atoms with Gasteiger partial charge in [0.1, 0.15) is 5.75 Å². The number of hydrogen-bond acceptors (Lipinski definition) is 6. The number of carbonyl (C=O) groups is 2. The Balaban J connectivity index is 2.62. The molecule has 1 rings (SSSR count). The highest BCUT2D eigenvalue weighted by Gasteiger charge is 2.17. The highest BCUT2D eigenvalue weighted by molar-refractivity contribution is 5.85. The Kier molecular flexibility index (Phi) is 6.11. The Morgan fingerprint density at radius 1 is 1.36 bits per heavy atom. The first-order chi connectivity index (χ1) is 10.3. The summed E-state index contributed by atoms with van der Waals surface area (Å²) in [6.45, 7) is -0.603. The molecule has 1 N–H and O–H groups in total. The van der Waals surface area contributed by atoms with Gasteiger partial charge in [0.15, 0.2) is 12.4 Å². The Bertz CT molecular complexity index is 573. The quantitative estimate of drug-likeness (QED) is 0.568. The number of hydrogen-bond donors (Lipinski definition) is 1. The maximum atomic E-state index is 11.5. The van der Waals surface area contributed by atoms with Crippen LogP contribution in [0.5, 0.6) is 11.5 Å². The zero-order valence-electron chi connectivity index (χ0n) is 12.5. The van der Waals surface area contributed by atoms with E-state index in [0.717, 1.165) is 0 Å². The molecule has 0 saturated heterocycles. The second-order valence-corrected chi connectivity index (χ2v) is 4.44. The number of carbonyl (C=O) groups excluding carboxylic acids is 2. The fourth-order valence-corrected chi connectivity index (χ4v) is 1.42. The summed E-state index contributed by atoms with van der Waals surface area (Å²) >= 11 is 0. The second kappa shape index (κ2) is 7.81. The van der Waals surface area contributed by atoms with E-state index in [2.05, 4.69) is 5.32 Å². The van der Waals surface area contributed by atoms with E-state index >= 15 is 0 Å². The largest absolute Gasteiger partial charge is 0.496 e. The van der Waals surface area contributed by atoms with Crippen molar-refractivity contribution in [3.63, 3.8) is 0 Å². The number of methoxy groups -OCH3 is 1. The lowest BCUT2D eigenvalue weighted by Crippen LogP contribution is -2.38. The minimum absolute atomic E-state index is 0.0557. The molecule has 0 bridgehead atoms. The fourth-order valence-electron chi connectivity index (χ4n) is 1.42. The number of nitro benzene ring substituents is 1. The van der Waals surface area contributed by atoms with Crippen molar-refractivity contribution in [1.82, 2.24) is 10.2 Å². The van der Waals surface area contributed by atoms with E-state index in [0.29, 0.717) is 5.75 Å². The van der Waals surface area contributed by atoms with Gasteiger partial charge in [-0.05, 0) is 12.1 Å². The maximum Gasteiger partial charge on any atom is 0.314 e. The minimum Gasteiger partial charge on any atom is -0.496 e. The van der Waals surface area contributed by atoms with Crippen molar-refractivity contribution >= 4 is 17.5 Å². The zero-order valence-corrected chi connectivity index (χ0v) is 12.5. The van der Waals surface area contributed by atoms with Gasteiger partial charge in [0.2, 0.25) is 5.91 Å². The predicted octanol–water partition coefficient (Wildman–Crippen LogP) is 0.187. The van der Waals surface area contributed by atoms with Crippen LogP contribution in [0.25, 0.3) is 0 Å². The molecule has 0 unspecified atom stereocenters. The molecule has 2 amide bonds. The molecule has 0 fully saturated rings. The number of rotatable bonds is 7. The van der Waals surface area contributed by atoms with Crippen LogP contribution in [0.2, 0.25) is 0 Å². The van der Waals surface area contributed by atoms with Gasteiger partial charge in [0.25, 0.3) is 5.91 Å². The molecule has 0 radical (unpaired) electrons. The summed E-state index contributed by atoms with van der Waals surface area (Å²) in [5.74, 6) is -0.580. The van der Waals surface area contributed by atoms with E-state index in [4.69, 9.17) is 9.47 Å². The molecular weight excluding hydrogens is 294 g/mol. The molecule has 1 aromatic rings. The molecule has 22 heavy (non-hydrogen) atoms. The Labute approximate surface area is 126 Å². The van der Waals surface area contributed by atoms with Gasteiger partial charge in [-0.3, -0.25) is 19.7 Å². The second-order valence-electron chi connectivity index (χ2n) is 4.44. The molecule has 0 aliphatic rings. The smallest absolute Gasteiger partial charge is 0.314 e. The summed E-state index contributed by atoms with van der Waals surface area (Å²) < 4.78 is 10.0.